The Morgan fingerprint density at radius 3 is 2.65 bits per heavy atom. The average Bonchev–Trinajstić information content (AvgIpc) is 2.30. The van der Waals surface area contributed by atoms with Gasteiger partial charge in [-0.15, -0.1) is 0 Å². The van der Waals surface area contributed by atoms with Gasteiger partial charge < -0.3 is 15.8 Å². The van der Waals surface area contributed by atoms with E-state index in [0.717, 1.165) is 13.2 Å². The van der Waals surface area contributed by atoms with Crippen LogP contribution in [0.25, 0.3) is 0 Å². The first-order valence-electron chi connectivity index (χ1n) is 5.03. The minimum Gasteiger partial charge on any atom is -0.465 e. The molecule has 94 valence electrons. The van der Waals surface area contributed by atoms with E-state index in [4.69, 9.17) is 5.73 Å². The number of nitrogens with two attached hydrogens (primary N) is 1. The van der Waals surface area contributed by atoms with E-state index in [9.17, 15) is 13.6 Å². The maximum atomic E-state index is 13.5. The molecule has 0 heterocycles. The first-order chi connectivity index (χ1) is 7.97. The van der Waals surface area contributed by atoms with Gasteiger partial charge in [0.2, 0.25) is 0 Å². The minimum absolute atomic E-state index is 0.0348. The summed E-state index contributed by atoms with van der Waals surface area (Å²) in [5.41, 5.74) is 5.01. The van der Waals surface area contributed by atoms with Gasteiger partial charge in [0.15, 0.2) is 11.6 Å². The lowest BCUT2D eigenvalue weighted by Crippen LogP contribution is -2.25. The van der Waals surface area contributed by atoms with E-state index in [-0.39, 0.29) is 11.7 Å². The Hall–Kier alpha value is -1.69. The molecule has 0 spiro atoms. The molecule has 0 aliphatic carbocycles. The molecule has 1 rings (SSSR count). The molecule has 4 nitrogen and oxygen atoms in total. The zero-order valence-electron chi connectivity index (χ0n) is 9.59. The third-order valence-corrected chi connectivity index (χ3v) is 2.10. The fourth-order valence-corrected chi connectivity index (χ4v) is 1.22. The summed E-state index contributed by atoms with van der Waals surface area (Å²) in [6, 6.07) is 2.23. The van der Waals surface area contributed by atoms with Crippen molar-refractivity contribution in [1.29, 1.82) is 0 Å². The van der Waals surface area contributed by atoms with Gasteiger partial charge in [-0.2, -0.15) is 0 Å². The van der Waals surface area contributed by atoms with Crippen molar-refractivity contribution in [1.82, 2.24) is 0 Å². The number of carbonyl (C=O) groups is 1. The van der Waals surface area contributed by atoms with Gasteiger partial charge in [-0.25, -0.2) is 13.6 Å². The van der Waals surface area contributed by atoms with Crippen molar-refractivity contribution in [3.05, 3.63) is 29.3 Å². The van der Waals surface area contributed by atoms with Gasteiger partial charge in [0.1, 0.15) is 0 Å². The number of nitrogens with one attached hydrogen (secondary N) is 1. The van der Waals surface area contributed by atoms with Gasteiger partial charge in [-0.3, -0.25) is 0 Å². The van der Waals surface area contributed by atoms with Gasteiger partial charge in [-0.05, 0) is 19.1 Å². The molecule has 1 aromatic rings. The third kappa shape index (κ3) is 3.13. The number of benzene rings is 1. The number of hydrogen-bond acceptors (Lipinski definition) is 4. The predicted octanol–water partition coefficient (Wildman–Crippen LogP) is 1.51. The molecule has 6 heteroatoms. The van der Waals surface area contributed by atoms with Crippen LogP contribution < -0.4 is 11.1 Å². The van der Waals surface area contributed by atoms with Crippen molar-refractivity contribution in [2.24, 2.45) is 5.73 Å². The van der Waals surface area contributed by atoms with Crippen molar-refractivity contribution in [3.8, 4) is 0 Å². The molecular formula is C11H14F2N2O2. The van der Waals surface area contributed by atoms with E-state index in [1.54, 1.807) is 6.92 Å². The molecule has 0 radical (unpaired) electrons. The third-order valence-electron chi connectivity index (χ3n) is 2.10. The van der Waals surface area contributed by atoms with Crippen LogP contribution in [0, 0.1) is 11.6 Å². The summed E-state index contributed by atoms with van der Waals surface area (Å²) in [5, 5.41) is 2.65. The van der Waals surface area contributed by atoms with Gasteiger partial charge in [0.25, 0.3) is 0 Å². The van der Waals surface area contributed by atoms with Crippen LogP contribution in [0.4, 0.5) is 14.5 Å². The number of esters is 1. The highest BCUT2D eigenvalue weighted by atomic mass is 19.2. The van der Waals surface area contributed by atoms with Crippen LogP contribution in [0.1, 0.15) is 17.3 Å². The number of ether oxygens (including phenoxy) is 1. The maximum absolute atomic E-state index is 13.5. The van der Waals surface area contributed by atoms with Gasteiger partial charge in [-0.1, -0.05) is 0 Å². The van der Waals surface area contributed by atoms with Crippen LogP contribution in [0.15, 0.2) is 12.1 Å². The van der Waals surface area contributed by atoms with Crippen LogP contribution in [0.2, 0.25) is 0 Å². The minimum atomic E-state index is -1.23. The highest BCUT2D eigenvalue weighted by molar-refractivity contribution is 5.90. The first-order valence-corrected chi connectivity index (χ1v) is 5.03. The summed E-state index contributed by atoms with van der Waals surface area (Å²) in [6.07, 6.45) is 0. The number of methoxy groups -OCH3 is 1. The van der Waals surface area contributed by atoms with Gasteiger partial charge >= 0.3 is 5.97 Å². The second-order valence-corrected chi connectivity index (χ2v) is 3.64. The van der Waals surface area contributed by atoms with E-state index in [1.165, 1.54) is 6.07 Å². The zero-order valence-corrected chi connectivity index (χ0v) is 9.59. The molecule has 0 bridgehead atoms. The second kappa shape index (κ2) is 5.58. The molecule has 17 heavy (non-hydrogen) atoms. The van der Waals surface area contributed by atoms with Crippen molar-refractivity contribution in [2.45, 2.75) is 13.0 Å². The summed E-state index contributed by atoms with van der Waals surface area (Å²) >= 11 is 0. The normalized spacial score (nSPS) is 12.1. The Kier molecular flexibility index (Phi) is 4.39. The molecule has 0 saturated carbocycles. The second-order valence-electron chi connectivity index (χ2n) is 3.64. The number of carbonyl (C=O) groups excluding carboxylic acids is 1. The molecule has 1 unspecified atom stereocenters. The van der Waals surface area contributed by atoms with Crippen LogP contribution >= 0.6 is 0 Å². The SMILES string of the molecule is COC(=O)c1ccc(NCC(C)N)c(F)c1F. The van der Waals surface area contributed by atoms with Crippen molar-refractivity contribution in [2.75, 3.05) is 19.0 Å². The Morgan fingerprint density at radius 2 is 2.12 bits per heavy atom. The molecule has 0 amide bonds. The molecule has 3 N–H and O–H groups in total. The summed E-state index contributed by atoms with van der Waals surface area (Å²) in [5.74, 6) is -3.26. The first kappa shape index (κ1) is 13.4. The number of rotatable bonds is 4. The lowest BCUT2D eigenvalue weighted by Gasteiger charge is -2.11. The maximum Gasteiger partial charge on any atom is 0.340 e. The smallest absolute Gasteiger partial charge is 0.340 e. The van der Waals surface area contributed by atoms with Crippen LogP contribution in [0.3, 0.4) is 0 Å². The quantitative estimate of drug-likeness (QED) is 0.788. The van der Waals surface area contributed by atoms with Crippen LogP contribution in [0.5, 0.6) is 0 Å². The molecular weight excluding hydrogens is 230 g/mol. The molecule has 0 aromatic heterocycles. The standard InChI is InChI=1S/C11H14F2N2O2/c1-6(14)5-15-8-4-3-7(11(16)17-2)9(12)10(8)13/h3-4,6,15H,5,14H2,1-2H3. The summed E-state index contributed by atoms with van der Waals surface area (Å²) in [7, 11) is 1.10. The number of anilines is 1. The van der Waals surface area contributed by atoms with Crippen molar-refractivity contribution < 1.29 is 18.3 Å². The molecule has 1 atom stereocenters. The monoisotopic (exact) mass is 244 g/mol. The van der Waals surface area contributed by atoms with Gasteiger partial charge in [0.05, 0.1) is 18.4 Å². The van der Waals surface area contributed by atoms with E-state index in [2.05, 4.69) is 10.1 Å². The summed E-state index contributed by atoms with van der Waals surface area (Å²) in [6.45, 7) is 2.03. The Balaban J connectivity index is 2.98. The molecule has 0 aliphatic rings. The Labute approximate surface area is 97.8 Å². The number of hydrogen-bond donors (Lipinski definition) is 2. The highest BCUT2D eigenvalue weighted by Gasteiger charge is 2.18. The Morgan fingerprint density at radius 1 is 1.47 bits per heavy atom. The van der Waals surface area contributed by atoms with E-state index in [1.807, 2.05) is 0 Å². The highest BCUT2D eigenvalue weighted by Crippen LogP contribution is 2.21. The van der Waals surface area contributed by atoms with Crippen molar-refractivity contribution in [3.63, 3.8) is 0 Å². The Bertz CT molecular complexity index is 422. The summed E-state index contributed by atoms with van der Waals surface area (Å²) in [4.78, 5) is 11.1. The molecule has 1 aromatic carbocycles. The van der Waals surface area contributed by atoms with Crippen LogP contribution in [-0.4, -0.2) is 25.7 Å². The van der Waals surface area contributed by atoms with Gasteiger partial charge in [0, 0.05) is 12.6 Å². The lowest BCUT2D eigenvalue weighted by atomic mass is 10.1. The molecule has 0 aliphatic heterocycles. The molecule has 0 fully saturated rings. The fraction of sp³-hybridized carbons (Fsp3) is 0.364. The topological polar surface area (TPSA) is 64.3 Å². The zero-order chi connectivity index (χ0) is 13.0. The largest absolute Gasteiger partial charge is 0.465 e. The van der Waals surface area contributed by atoms with E-state index >= 15 is 0 Å². The van der Waals surface area contributed by atoms with Crippen LogP contribution in [-0.2, 0) is 4.74 Å². The predicted molar refractivity (Wildman–Crippen MR) is 59.8 cm³/mol. The average molecular weight is 244 g/mol. The lowest BCUT2D eigenvalue weighted by molar-refractivity contribution is 0.0594. The van der Waals surface area contributed by atoms with E-state index in [0.29, 0.717) is 6.54 Å². The van der Waals surface area contributed by atoms with Crippen molar-refractivity contribution >= 4 is 11.7 Å². The molecule has 0 saturated heterocycles. The van der Waals surface area contributed by atoms with E-state index < -0.39 is 23.2 Å². The number of halogens is 2. The fourth-order valence-electron chi connectivity index (χ4n) is 1.22. The summed E-state index contributed by atoms with van der Waals surface area (Å²) < 4.78 is 31.3.